The number of hydrogen-bond donors (Lipinski definition) is 18. The lowest BCUT2D eigenvalue weighted by Crippen LogP contribution is -2.61. The van der Waals surface area contributed by atoms with Crippen molar-refractivity contribution in [2.75, 3.05) is 13.2 Å². The predicted octanol–water partition coefficient (Wildman–Crippen LogP) is -6.61. The highest BCUT2D eigenvalue weighted by molar-refractivity contribution is 5.99. The normalized spacial score (nSPS) is 15.0. The lowest BCUT2D eigenvalue weighted by molar-refractivity contribution is -0.144. The van der Waals surface area contributed by atoms with Crippen molar-refractivity contribution in [2.45, 2.75) is 146 Å². The summed E-state index contributed by atoms with van der Waals surface area (Å²) in [7, 11) is 0. The van der Waals surface area contributed by atoms with Crippen molar-refractivity contribution in [1.82, 2.24) is 47.9 Å². The number of carbonyl (C=O) groups excluding carboxylic acids is 11. The van der Waals surface area contributed by atoms with Crippen LogP contribution in [-0.4, -0.2) is 187 Å². The summed E-state index contributed by atoms with van der Waals surface area (Å²) >= 11 is 0. The number of phenols is 1. The smallest absolute Gasteiger partial charge is 0.328 e. The van der Waals surface area contributed by atoms with Crippen molar-refractivity contribution >= 4 is 76.9 Å². The first-order valence-electron chi connectivity index (χ1n) is 25.7. The summed E-state index contributed by atoms with van der Waals surface area (Å²) in [6, 6.07) is -1.78. The number of carboxylic acid groups (broad SMARTS) is 2. The molecule has 0 fully saturated rings. The monoisotopic (exact) mass is 1160 g/mol. The summed E-state index contributed by atoms with van der Waals surface area (Å²) in [4.78, 5) is 170. The van der Waals surface area contributed by atoms with Crippen molar-refractivity contribution in [3.05, 3.63) is 65.7 Å². The molecule has 21 N–H and O–H groups in total. The quantitative estimate of drug-likeness (QED) is 0.0302. The van der Waals surface area contributed by atoms with E-state index in [1.807, 2.05) is 5.32 Å². The van der Waals surface area contributed by atoms with Crippen molar-refractivity contribution < 1.29 is 93.0 Å². The van der Waals surface area contributed by atoms with Crippen molar-refractivity contribution in [2.24, 2.45) is 23.1 Å². The van der Waals surface area contributed by atoms with Gasteiger partial charge in [-0.25, -0.2) is 4.79 Å². The van der Waals surface area contributed by atoms with Gasteiger partial charge in [0, 0.05) is 25.7 Å². The molecule has 0 heterocycles. The maximum Gasteiger partial charge on any atom is 0.328 e. The second-order valence-electron chi connectivity index (χ2n) is 19.5. The number of benzene rings is 2. The topological polar surface area (TPSA) is 530 Å². The molecule has 0 spiro atoms. The number of phenolic OH excluding ortho intramolecular Hbond substituents is 1. The number of aliphatic carboxylic acids is 2. The van der Waals surface area contributed by atoms with Crippen LogP contribution in [0.1, 0.15) is 77.3 Å². The molecule has 11 atom stereocenters. The number of amides is 11. The number of nitrogens with one attached hydrogen (secondary N) is 9. The highest BCUT2D eigenvalue weighted by atomic mass is 16.4. The van der Waals surface area contributed by atoms with E-state index in [9.17, 15) is 93.0 Å². The molecule has 0 aliphatic heterocycles. The van der Waals surface area contributed by atoms with Gasteiger partial charge in [-0.2, -0.15) is 0 Å². The number of nitrogens with two attached hydrogens (primary N) is 3. The molecule has 0 aromatic heterocycles. The maximum absolute atomic E-state index is 14.6. The third kappa shape index (κ3) is 25.1. The molecule has 0 saturated carbocycles. The van der Waals surface area contributed by atoms with Gasteiger partial charge in [0.15, 0.2) is 6.04 Å². The summed E-state index contributed by atoms with van der Waals surface area (Å²) in [5.74, 6) is -15.6. The molecule has 82 heavy (non-hydrogen) atoms. The highest BCUT2D eigenvalue weighted by Gasteiger charge is 2.36. The van der Waals surface area contributed by atoms with Crippen LogP contribution in [0.2, 0.25) is 0 Å². The molecule has 0 radical (unpaired) electrons. The van der Waals surface area contributed by atoms with Gasteiger partial charge in [0.25, 0.3) is 0 Å². The average molecular weight is 1160 g/mol. The van der Waals surface area contributed by atoms with E-state index in [0.29, 0.717) is 11.1 Å². The number of carboxylic acids is 2. The molecule has 2 rings (SSSR count). The van der Waals surface area contributed by atoms with E-state index in [2.05, 4.69) is 42.5 Å². The molecule has 0 unspecified atom stereocenters. The van der Waals surface area contributed by atoms with Crippen LogP contribution in [0.15, 0.2) is 54.6 Å². The zero-order valence-corrected chi connectivity index (χ0v) is 45.4. The first-order valence-corrected chi connectivity index (χ1v) is 25.7. The fourth-order valence-electron chi connectivity index (χ4n) is 7.56. The van der Waals surface area contributed by atoms with Crippen molar-refractivity contribution in [1.29, 1.82) is 0 Å². The van der Waals surface area contributed by atoms with Gasteiger partial charge >= 0.3 is 11.9 Å². The molecule has 31 heteroatoms. The zero-order chi connectivity index (χ0) is 62.0. The van der Waals surface area contributed by atoms with Crippen molar-refractivity contribution in [3.63, 3.8) is 0 Å². The predicted molar refractivity (Wildman–Crippen MR) is 285 cm³/mol. The zero-order valence-electron chi connectivity index (χ0n) is 45.4. The number of primary amides is 2. The first-order chi connectivity index (χ1) is 38.4. The molecule has 0 bridgehead atoms. The minimum Gasteiger partial charge on any atom is -0.508 e. The van der Waals surface area contributed by atoms with Gasteiger partial charge in [0.1, 0.15) is 54.1 Å². The summed E-state index contributed by atoms with van der Waals surface area (Å²) in [6.07, 6.45) is -6.89. The fraction of sp³-hybridized carbons (Fsp3) is 0.510. The van der Waals surface area contributed by atoms with E-state index in [-0.39, 0.29) is 30.9 Å². The standard InChI is InChI=1S/C51H74N12O19/c1-24(2)18-32(58-49(79)35(21-38(53)69)61-44(74)31(15-17-40(71)72)57-50(80)41(54)25(3)65)46(76)59-34(20-28-10-12-29(67)13-11-28)48(78)60-33(19-27-8-6-5-7-9-27)47(77)56-30(14-16-37(52)68)45(75)62-36(23-64)43(73)55-22-39(70)63-42(26(4)66)51(81)82/h5-13,24-26,30-36,41-42,64-67H,14-23,54H2,1-4H3,(H2,52,68)(H2,53,69)(H,55,73)(H,56,77)(H,57,80)(H,58,79)(H,59,76)(H,60,78)(H,61,74)(H,62,75)(H,63,70)(H,71,72)(H,81,82)/t25-,26-,30+,31+,32+,33+,34+,35+,36+,41+,42+/m1/s1. The molecule has 0 saturated heterocycles. The number of aliphatic hydroxyl groups is 3. The van der Waals surface area contributed by atoms with E-state index in [1.165, 1.54) is 31.2 Å². The van der Waals surface area contributed by atoms with Crippen molar-refractivity contribution in [3.8, 4) is 5.75 Å². The molecule has 0 aliphatic rings. The summed E-state index contributed by atoms with van der Waals surface area (Å²) in [6.45, 7) is 3.62. The van der Waals surface area contributed by atoms with E-state index < -0.39 is 189 Å². The number of carbonyl (C=O) groups is 13. The molecule has 31 nitrogen and oxygen atoms in total. The number of rotatable bonds is 36. The van der Waals surface area contributed by atoms with Crippen LogP contribution in [0, 0.1) is 5.92 Å². The third-order valence-electron chi connectivity index (χ3n) is 12.0. The van der Waals surface area contributed by atoms with Gasteiger partial charge in [-0.15, -0.1) is 0 Å². The Bertz CT molecular complexity index is 2570. The van der Waals surface area contributed by atoms with Crippen LogP contribution >= 0.6 is 0 Å². The van der Waals surface area contributed by atoms with Gasteiger partial charge in [0.05, 0.1) is 31.8 Å². The van der Waals surface area contributed by atoms with Gasteiger partial charge < -0.3 is 95.7 Å². The van der Waals surface area contributed by atoms with E-state index >= 15 is 0 Å². The van der Waals surface area contributed by atoms with E-state index in [1.54, 1.807) is 44.2 Å². The molecule has 11 amide bonds. The van der Waals surface area contributed by atoms with E-state index in [4.69, 9.17) is 17.2 Å². The Morgan fingerprint density at radius 3 is 1.40 bits per heavy atom. The van der Waals surface area contributed by atoms with Gasteiger partial charge in [-0.05, 0) is 62.3 Å². The van der Waals surface area contributed by atoms with Crippen LogP contribution < -0.4 is 65.1 Å². The molecule has 2 aromatic rings. The van der Waals surface area contributed by atoms with Crippen LogP contribution in [0.5, 0.6) is 5.75 Å². The number of hydrogen-bond acceptors (Lipinski definition) is 18. The Morgan fingerprint density at radius 2 is 0.939 bits per heavy atom. The summed E-state index contributed by atoms with van der Waals surface area (Å²) in [5.41, 5.74) is 17.3. The van der Waals surface area contributed by atoms with Gasteiger partial charge in [-0.1, -0.05) is 56.3 Å². The summed E-state index contributed by atoms with van der Waals surface area (Å²) in [5, 5.41) is 78.7. The number of aromatic hydroxyl groups is 1. The first kappa shape index (κ1) is 69.3. The Kier molecular flexibility index (Phi) is 29.0. The van der Waals surface area contributed by atoms with Crippen LogP contribution in [0.3, 0.4) is 0 Å². The lowest BCUT2D eigenvalue weighted by atomic mass is 9.99. The molecular weight excluding hydrogens is 1080 g/mol. The minimum atomic E-state index is -1.86. The largest absolute Gasteiger partial charge is 0.508 e. The maximum atomic E-state index is 14.6. The molecule has 2 aromatic carbocycles. The Balaban J connectivity index is 2.55. The average Bonchev–Trinajstić information content (AvgIpc) is 3.48. The van der Waals surface area contributed by atoms with Crippen LogP contribution in [-0.2, 0) is 75.2 Å². The molecule has 0 aliphatic carbocycles. The second-order valence-corrected chi connectivity index (χ2v) is 19.5. The fourth-order valence-corrected chi connectivity index (χ4v) is 7.56. The van der Waals surface area contributed by atoms with Crippen LogP contribution in [0.4, 0.5) is 0 Å². The Morgan fingerprint density at radius 1 is 0.500 bits per heavy atom. The third-order valence-corrected chi connectivity index (χ3v) is 12.0. The Labute approximate surface area is 470 Å². The molecular formula is C51H74N12O19. The Hall–Kier alpha value is -8.81. The van der Waals surface area contributed by atoms with Gasteiger partial charge in [-0.3, -0.25) is 57.5 Å². The molecule has 452 valence electrons. The summed E-state index contributed by atoms with van der Waals surface area (Å²) < 4.78 is 0. The number of aliphatic hydroxyl groups excluding tert-OH is 3. The van der Waals surface area contributed by atoms with E-state index in [0.717, 1.165) is 6.92 Å². The SMILES string of the molecule is CC(C)C[C@H](NC(=O)[C@H](CC(N)=O)NC(=O)[C@H](CCC(=O)O)NC(=O)[C@@H](N)[C@@H](C)O)C(=O)N[C@@H](Cc1ccc(O)cc1)C(=O)N[C@@H](Cc1ccccc1)C(=O)N[C@@H](CCC(N)=O)C(=O)N[C@@H](CO)C(=O)NCC(=O)N[C@H](C(=O)O)[C@@H](C)O. The minimum absolute atomic E-state index is 0.157. The highest BCUT2D eigenvalue weighted by Crippen LogP contribution is 2.15. The van der Waals surface area contributed by atoms with Crippen LogP contribution in [0.25, 0.3) is 0 Å². The lowest BCUT2D eigenvalue weighted by Gasteiger charge is -2.28. The van der Waals surface area contributed by atoms with Gasteiger partial charge in [0.2, 0.25) is 65.0 Å². The second kappa shape index (κ2) is 34.4.